The molecule has 0 N–H and O–H groups in total. The van der Waals surface area contributed by atoms with Crippen LogP contribution >= 0.6 is 0 Å². The van der Waals surface area contributed by atoms with Crippen LogP contribution in [0.5, 0.6) is 0 Å². The molecule has 0 unspecified atom stereocenters. The van der Waals surface area contributed by atoms with Crippen LogP contribution in [0.15, 0.2) is 65.7 Å². The lowest BCUT2D eigenvalue weighted by Crippen LogP contribution is -2.61. The van der Waals surface area contributed by atoms with Crippen LogP contribution in [0.25, 0.3) is 0 Å². The Kier molecular flexibility index (Phi) is 4.86. The van der Waals surface area contributed by atoms with Gasteiger partial charge in [-0.1, -0.05) is 60.7 Å². The summed E-state index contributed by atoms with van der Waals surface area (Å²) in [6.07, 6.45) is -1.69. The molecule has 3 aliphatic heterocycles. The van der Waals surface area contributed by atoms with E-state index in [0.29, 0.717) is 19.1 Å². The molecule has 3 aliphatic rings. The van der Waals surface area contributed by atoms with Crippen LogP contribution in [0.4, 0.5) is 0 Å². The van der Waals surface area contributed by atoms with Gasteiger partial charge in [-0.05, 0) is 5.56 Å². The summed E-state index contributed by atoms with van der Waals surface area (Å²) in [7, 11) is 0. The average molecular weight is 381 g/mol. The first-order valence-electron chi connectivity index (χ1n) is 9.62. The van der Waals surface area contributed by atoms with Gasteiger partial charge in [-0.25, -0.2) is 4.99 Å². The molecule has 0 bridgehead atoms. The second-order valence-electron chi connectivity index (χ2n) is 7.24. The number of hydrogen-bond acceptors (Lipinski definition) is 6. The van der Waals surface area contributed by atoms with E-state index in [2.05, 4.69) is 4.99 Å². The van der Waals surface area contributed by atoms with Gasteiger partial charge in [0.25, 0.3) is 0 Å². The van der Waals surface area contributed by atoms with Crippen LogP contribution in [-0.4, -0.2) is 43.1 Å². The molecule has 0 radical (unpaired) electrons. The first-order chi connectivity index (χ1) is 13.8. The van der Waals surface area contributed by atoms with Gasteiger partial charge in [-0.2, -0.15) is 0 Å². The van der Waals surface area contributed by atoms with E-state index in [9.17, 15) is 0 Å². The zero-order valence-electron chi connectivity index (χ0n) is 15.6. The summed E-state index contributed by atoms with van der Waals surface area (Å²) in [6, 6.07) is 19.7. The van der Waals surface area contributed by atoms with E-state index < -0.39 is 12.6 Å². The molecule has 0 spiro atoms. The molecule has 28 heavy (non-hydrogen) atoms. The van der Waals surface area contributed by atoms with Crippen molar-refractivity contribution in [1.29, 1.82) is 0 Å². The molecule has 0 saturated carbocycles. The summed E-state index contributed by atoms with van der Waals surface area (Å²) in [5, 5.41) is 0. The molecule has 0 aromatic heterocycles. The Hall–Kier alpha value is -2.25. The van der Waals surface area contributed by atoms with Crippen molar-refractivity contribution in [2.75, 3.05) is 6.61 Å². The molecule has 6 atom stereocenters. The minimum atomic E-state index is -0.496. The van der Waals surface area contributed by atoms with Gasteiger partial charge in [0, 0.05) is 12.5 Å². The second-order valence-corrected chi connectivity index (χ2v) is 7.24. The SMILES string of the molecule is CC1=N[C@H]2[C@@H](OCc3ccccc3)O[C@@H]3CO[C@@H](c4ccccc4)O[C@H]3[C@@H]2O1. The Bertz CT molecular complexity index is 827. The standard InChI is InChI=1S/C22H23NO5/c1-14-23-18-20(26-14)19-17(13-25-21(28-19)16-10-6-3-7-11-16)27-22(18)24-12-15-8-4-2-5-9-15/h2-11,17-22H,12-13H2,1H3/t17-,18-,19-,20-,21-,22+/m1/s1. The summed E-state index contributed by atoms with van der Waals surface area (Å²) < 4.78 is 30.5. The van der Waals surface area contributed by atoms with E-state index in [-0.39, 0.29) is 24.4 Å². The molecule has 0 amide bonds. The van der Waals surface area contributed by atoms with Crippen LogP contribution in [-0.2, 0) is 30.3 Å². The third-order valence-corrected chi connectivity index (χ3v) is 5.27. The van der Waals surface area contributed by atoms with Gasteiger partial charge in [0.2, 0.25) is 0 Å². The van der Waals surface area contributed by atoms with Gasteiger partial charge < -0.3 is 23.7 Å². The van der Waals surface area contributed by atoms with Crippen molar-refractivity contribution in [2.45, 2.75) is 50.5 Å². The number of hydrogen-bond donors (Lipinski definition) is 0. The van der Waals surface area contributed by atoms with Gasteiger partial charge in [0.05, 0.1) is 13.2 Å². The number of nitrogens with zero attached hydrogens (tertiary/aromatic N) is 1. The van der Waals surface area contributed by atoms with Crippen LogP contribution < -0.4 is 0 Å². The summed E-state index contributed by atoms with van der Waals surface area (Å²) in [5.41, 5.74) is 2.07. The van der Waals surface area contributed by atoms with Crippen molar-refractivity contribution in [3.05, 3.63) is 71.8 Å². The maximum Gasteiger partial charge on any atom is 0.184 e. The van der Waals surface area contributed by atoms with Gasteiger partial charge in [0.1, 0.15) is 18.2 Å². The van der Waals surface area contributed by atoms with E-state index in [1.807, 2.05) is 67.6 Å². The second kappa shape index (κ2) is 7.64. The van der Waals surface area contributed by atoms with Crippen LogP contribution in [0.1, 0.15) is 24.3 Å². The van der Waals surface area contributed by atoms with E-state index in [1.54, 1.807) is 0 Å². The normalized spacial score (nSPS) is 34.1. The highest BCUT2D eigenvalue weighted by atomic mass is 16.8. The maximum atomic E-state index is 6.25. The number of ether oxygens (including phenoxy) is 5. The van der Waals surface area contributed by atoms with Gasteiger partial charge in [0.15, 0.2) is 24.6 Å². The van der Waals surface area contributed by atoms with Crippen molar-refractivity contribution in [1.82, 2.24) is 0 Å². The number of rotatable bonds is 4. The quantitative estimate of drug-likeness (QED) is 0.814. The van der Waals surface area contributed by atoms with E-state index >= 15 is 0 Å². The van der Waals surface area contributed by atoms with Crippen molar-refractivity contribution >= 4 is 5.90 Å². The number of fused-ring (bicyclic) bond motifs is 3. The molecular formula is C22H23NO5. The number of benzene rings is 2. The van der Waals surface area contributed by atoms with Crippen LogP contribution in [0.2, 0.25) is 0 Å². The van der Waals surface area contributed by atoms with Crippen molar-refractivity contribution < 1.29 is 23.7 Å². The molecule has 146 valence electrons. The summed E-state index contributed by atoms with van der Waals surface area (Å²) in [6.45, 7) is 2.73. The molecule has 5 rings (SSSR count). The highest BCUT2D eigenvalue weighted by molar-refractivity contribution is 5.75. The lowest BCUT2D eigenvalue weighted by molar-refractivity contribution is -0.338. The fourth-order valence-corrected chi connectivity index (χ4v) is 3.94. The molecule has 2 saturated heterocycles. The molecule has 2 aromatic rings. The predicted octanol–water partition coefficient (Wildman–Crippen LogP) is 3.23. The zero-order valence-corrected chi connectivity index (χ0v) is 15.6. The monoisotopic (exact) mass is 381 g/mol. The zero-order chi connectivity index (χ0) is 18.9. The van der Waals surface area contributed by atoms with Crippen LogP contribution in [0, 0.1) is 0 Å². The first-order valence-corrected chi connectivity index (χ1v) is 9.62. The Balaban J connectivity index is 1.31. The third-order valence-electron chi connectivity index (χ3n) is 5.27. The fraction of sp³-hybridized carbons (Fsp3) is 0.409. The largest absolute Gasteiger partial charge is 0.473 e. The average Bonchev–Trinajstić information content (AvgIpc) is 3.15. The summed E-state index contributed by atoms with van der Waals surface area (Å²) in [5.74, 6) is 0.638. The Morgan fingerprint density at radius 1 is 0.964 bits per heavy atom. The Morgan fingerprint density at radius 3 is 2.50 bits per heavy atom. The third kappa shape index (κ3) is 3.44. The predicted molar refractivity (Wildman–Crippen MR) is 102 cm³/mol. The van der Waals surface area contributed by atoms with E-state index in [4.69, 9.17) is 23.7 Å². The first kappa shape index (κ1) is 17.8. The van der Waals surface area contributed by atoms with Gasteiger partial charge >= 0.3 is 0 Å². The smallest absolute Gasteiger partial charge is 0.184 e. The highest BCUT2D eigenvalue weighted by Crippen LogP contribution is 2.38. The summed E-state index contributed by atoms with van der Waals surface area (Å²) >= 11 is 0. The lowest BCUT2D eigenvalue weighted by Gasteiger charge is -2.45. The molecule has 6 nitrogen and oxygen atoms in total. The molecule has 2 aromatic carbocycles. The van der Waals surface area contributed by atoms with Crippen molar-refractivity contribution in [3.8, 4) is 0 Å². The van der Waals surface area contributed by atoms with Crippen molar-refractivity contribution in [2.24, 2.45) is 4.99 Å². The van der Waals surface area contributed by atoms with Gasteiger partial charge in [-0.15, -0.1) is 0 Å². The minimum Gasteiger partial charge on any atom is -0.473 e. The Morgan fingerprint density at radius 2 is 1.71 bits per heavy atom. The fourth-order valence-electron chi connectivity index (χ4n) is 3.94. The minimum absolute atomic E-state index is 0.241. The molecule has 2 fully saturated rings. The highest BCUT2D eigenvalue weighted by Gasteiger charge is 2.54. The molecular weight excluding hydrogens is 358 g/mol. The van der Waals surface area contributed by atoms with Crippen molar-refractivity contribution in [3.63, 3.8) is 0 Å². The molecule has 6 heteroatoms. The topological polar surface area (TPSA) is 58.5 Å². The number of aliphatic imine (C=N–C) groups is 1. The van der Waals surface area contributed by atoms with E-state index in [0.717, 1.165) is 11.1 Å². The lowest BCUT2D eigenvalue weighted by atomic mass is 9.96. The van der Waals surface area contributed by atoms with E-state index in [1.165, 1.54) is 0 Å². The molecule has 0 aliphatic carbocycles. The Labute approximate surface area is 164 Å². The summed E-state index contributed by atoms with van der Waals surface area (Å²) in [4.78, 5) is 4.62. The van der Waals surface area contributed by atoms with Crippen LogP contribution in [0.3, 0.4) is 0 Å². The molecule has 3 heterocycles. The maximum absolute atomic E-state index is 6.25. The van der Waals surface area contributed by atoms with Gasteiger partial charge in [-0.3, -0.25) is 0 Å².